The van der Waals surface area contributed by atoms with E-state index in [0.29, 0.717) is 4.47 Å². The van der Waals surface area contributed by atoms with Crippen molar-refractivity contribution < 1.29 is 8.81 Å². The minimum Gasteiger partial charge on any atom is -0.453 e. The molecule has 0 fully saturated rings. The molecule has 0 saturated carbocycles. The van der Waals surface area contributed by atoms with E-state index in [1.54, 1.807) is 6.07 Å². The van der Waals surface area contributed by atoms with Gasteiger partial charge in [-0.05, 0) is 81.1 Å². The Morgan fingerprint density at radius 2 is 2.05 bits per heavy atom. The molecule has 2 rings (SSSR count). The van der Waals surface area contributed by atoms with E-state index in [2.05, 4.69) is 44.1 Å². The fourth-order valence-corrected chi connectivity index (χ4v) is 2.76. The largest absolute Gasteiger partial charge is 0.453 e. The minimum atomic E-state index is -0.243. The third-order valence-electron chi connectivity index (χ3n) is 3.00. The predicted molar refractivity (Wildman–Crippen MR) is 85.2 cm³/mol. The van der Waals surface area contributed by atoms with Gasteiger partial charge in [0.25, 0.3) is 0 Å². The Morgan fingerprint density at radius 3 is 2.65 bits per heavy atom. The van der Waals surface area contributed by atoms with Crippen LogP contribution < -0.4 is 5.32 Å². The monoisotopic (exact) mass is 403 g/mol. The highest BCUT2D eigenvalue weighted by Crippen LogP contribution is 2.25. The van der Waals surface area contributed by atoms with E-state index < -0.39 is 0 Å². The Hall–Kier alpha value is -0.650. The highest BCUT2D eigenvalue weighted by Gasteiger charge is 2.16. The van der Waals surface area contributed by atoms with Crippen LogP contribution in [0, 0.1) is 5.82 Å². The molecule has 1 unspecified atom stereocenters. The summed E-state index contributed by atoms with van der Waals surface area (Å²) in [6.45, 7) is 3.03. The number of halogens is 3. The normalized spacial score (nSPS) is 12.6. The summed E-state index contributed by atoms with van der Waals surface area (Å²) < 4.78 is 20.1. The lowest BCUT2D eigenvalue weighted by molar-refractivity contribution is 0.400. The summed E-state index contributed by atoms with van der Waals surface area (Å²) >= 11 is 6.55. The molecule has 1 aromatic carbocycles. The molecule has 5 heteroatoms. The van der Waals surface area contributed by atoms with E-state index in [9.17, 15) is 4.39 Å². The van der Waals surface area contributed by atoms with E-state index in [1.807, 2.05) is 18.2 Å². The van der Waals surface area contributed by atoms with Gasteiger partial charge in [0.05, 0.1) is 10.5 Å². The molecule has 2 aromatic rings. The quantitative estimate of drug-likeness (QED) is 0.713. The van der Waals surface area contributed by atoms with Gasteiger partial charge in [-0.3, -0.25) is 0 Å². The number of furan rings is 1. The van der Waals surface area contributed by atoms with Gasteiger partial charge in [0.15, 0.2) is 4.67 Å². The van der Waals surface area contributed by atoms with Crippen LogP contribution in [-0.4, -0.2) is 6.54 Å². The first-order valence-electron chi connectivity index (χ1n) is 6.52. The van der Waals surface area contributed by atoms with Crippen LogP contribution in [0.3, 0.4) is 0 Å². The smallest absolute Gasteiger partial charge is 0.169 e. The van der Waals surface area contributed by atoms with Crippen molar-refractivity contribution in [2.75, 3.05) is 6.54 Å². The topological polar surface area (TPSA) is 25.2 Å². The lowest BCUT2D eigenvalue weighted by Gasteiger charge is -2.16. The highest BCUT2D eigenvalue weighted by molar-refractivity contribution is 9.10. The van der Waals surface area contributed by atoms with Crippen molar-refractivity contribution in [1.82, 2.24) is 5.32 Å². The van der Waals surface area contributed by atoms with Gasteiger partial charge < -0.3 is 9.73 Å². The van der Waals surface area contributed by atoms with Crippen LogP contribution in [0.5, 0.6) is 0 Å². The van der Waals surface area contributed by atoms with Crippen LogP contribution in [0.4, 0.5) is 4.39 Å². The molecule has 2 nitrogen and oxygen atoms in total. The van der Waals surface area contributed by atoms with E-state index in [1.165, 1.54) is 6.07 Å². The molecule has 0 aliphatic rings. The molecule has 1 aromatic heterocycles. The third-order valence-corrected chi connectivity index (χ3v) is 4.04. The van der Waals surface area contributed by atoms with Gasteiger partial charge in [0.1, 0.15) is 11.6 Å². The minimum absolute atomic E-state index is 0.0820. The first kappa shape index (κ1) is 15.7. The Kier molecular flexibility index (Phi) is 5.81. The van der Waals surface area contributed by atoms with Crippen molar-refractivity contribution in [2.24, 2.45) is 0 Å². The van der Waals surface area contributed by atoms with Crippen molar-refractivity contribution in [3.8, 4) is 0 Å². The summed E-state index contributed by atoms with van der Waals surface area (Å²) in [5.74, 6) is 0.637. The van der Waals surface area contributed by atoms with Gasteiger partial charge in [-0.15, -0.1) is 0 Å². The van der Waals surface area contributed by atoms with Gasteiger partial charge in [-0.25, -0.2) is 4.39 Å². The second-order valence-corrected chi connectivity index (χ2v) is 6.24. The molecular weight excluding hydrogens is 389 g/mol. The summed E-state index contributed by atoms with van der Waals surface area (Å²) in [4.78, 5) is 0. The van der Waals surface area contributed by atoms with E-state index >= 15 is 0 Å². The number of hydrogen-bond donors (Lipinski definition) is 1. The maximum Gasteiger partial charge on any atom is 0.169 e. The van der Waals surface area contributed by atoms with Crippen LogP contribution in [0.25, 0.3) is 0 Å². The van der Waals surface area contributed by atoms with Gasteiger partial charge in [0, 0.05) is 0 Å². The average Bonchev–Trinajstić information content (AvgIpc) is 2.85. The summed E-state index contributed by atoms with van der Waals surface area (Å²) in [7, 11) is 0. The van der Waals surface area contributed by atoms with E-state index in [4.69, 9.17) is 4.42 Å². The average molecular weight is 405 g/mol. The number of hydrogen-bond acceptors (Lipinski definition) is 2. The van der Waals surface area contributed by atoms with Crippen LogP contribution in [-0.2, 0) is 6.42 Å². The van der Waals surface area contributed by atoms with E-state index in [-0.39, 0.29) is 11.9 Å². The van der Waals surface area contributed by atoms with Crippen molar-refractivity contribution in [2.45, 2.75) is 25.8 Å². The predicted octanol–water partition coefficient (Wildman–Crippen LogP) is 5.23. The summed E-state index contributed by atoms with van der Waals surface area (Å²) in [5, 5.41) is 3.46. The first-order chi connectivity index (χ1) is 9.60. The van der Waals surface area contributed by atoms with Crippen LogP contribution in [0.1, 0.15) is 30.7 Å². The Bertz CT molecular complexity index is 571. The van der Waals surface area contributed by atoms with Gasteiger partial charge >= 0.3 is 0 Å². The highest BCUT2D eigenvalue weighted by atomic mass is 79.9. The Morgan fingerprint density at radius 1 is 1.25 bits per heavy atom. The zero-order valence-corrected chi connectivity index (χ0v) is 14.3. The zero-order chi connectivity index (χ0) is 14.5. The fourth-order valence-electron chi connectivity index (χ4n) is 2.01. The molecule has 0 aliphatic heterocycles. The van der Waals surface area contributed by atoms with Crippen LogP contribution in [0.15, 0.2) is 43.9 Å². The van der Waals surface area contributed by atoms with Crippen molar-refractivity contribution in [3.05, 3.63) is 56.6 Å². The SMILES string of the molecule is CCCNC(Cc1ccc(F)c(Br)c1)c1ccc(Br)o1. The molecule has 0 aliphatic carbocycles. The standard InChI is InChI=1S/C15H16Br2FNO/c1-2-7-19-13(14-5-6-15(17)20-14)9-10-3-4-12(18)11(16)8-10/h3-6,8,13,19H,2,7,9H2,1H3. The Labute approximate surface area is 135 Å². The molecule has 1 atom stereocenters. The second kappa shape index (κ2) is 7.38. The van der Waals surface area contributed by atoms with Gasteiger partial charge in [-0.2, -0.15) is 0 Å². The second-order valence-electron chi connectivity index (χ2n) is 4.60. The molecule has 0 amide bonds. The molecular formula is C15H16Br2FNO. The molecule has 0 spiro atoms. The molecule has 108 valence electrons. The van der Waals surface area contributed by atoms with E-state index in [0.717, 1.165) is 35.4 Å². The lowest BCUT2D eigenvalue weighted by Crippen LogP contribution is -2.23. The maximum atomic E-state index is 13.3. The fraction of sp³-hybridized carbons (Fsp3) is 0.333. The first-order valence-corrected chi connectivity index (χ1v) is 8.11. The number of nitrogens with one attached hydrogen (secondary N) is 1. The summed E-state index contributed by atoms with van der Waals surface area (Å²) in [5.41, 5.74) is 1.06. The third kappa shape index (κ3) is 4.17. The van der Waals surface area contributed by atoms with Crippen molar-refractivity contribution in [1.29, 1.82) is 0 Å². The van der Waals surface area contributed by atoms with Gasteiger partial charge in [0.2, 0.25) is 0 Å². The summed E-state index contributed by atoms with van der Waals surface area (Å²) in [6, 6.07) is 9.02. The van der Waals surface area contributed by atoms with Crippen molar-refractivity contribution in [3.63, 3.8) is 0 Å². The molecule has 1 heterocycles. The number of rotatable bonds is 6. The zero-order valence-electron chi connectivity index (χ0n) is 11.1. The van der Waals surface area contributed by atoms with Crippen LogP contribution in [0.2, 0.25) is 0 Å². The molecule has 0 radical (unpaired) electrons. The molecule has 20 heavy (non-hydrogen) atoms. The van der Waals surface area contributed by atoms with Crippen molar-refractivity contribution >= 4 is 31.9 Å². The molecule has 0 saturated heterocycles. The summed E-state index contributed by atoms with van der Waals surface area (Å²) in [6.07, 6.45) is 1.80. The maximum absolute atomic E-state index is 13.3. The van der Waals surface area contributed by atoms with Gasteiger partial charge in [-0.1, -0.05) is 13.0 Å². The molecule has 0 bridgehead atoms. The Balaban J connectivity index is 2.16. The van der Waals surface area contributed by atoms with Crippen LogP contribution >= 0.6 is 31.9 Å². The lowest BCUT2D eigenvalue weighted by atomic mass is 10.0. The molecule has 1 N–H and O–H groups in total. The number of benzene rings is 1.